The van der Waals surface area contributed by atoms with E-state index in [1.807, 2.05) is 0 Å². The molecule has 0 amide bonds. The molecule has 0 heterocycles. The molecule has 0 unspecified atom stereocenters. The number of benzene rings is 1. The quantitative estimate of drug-likeness (QED) is 0.141. The molecule has 0 spiro atoms. The van der Waals surface area contributed by atoms with Crippen LogP contribution in [0, 0.1) is 41.1 Å². The summed E-state index contributed by atoms with van der Waals surface area (Å²) in [6.45, 7) is 2.27. The van der Waals surface area contributed by atoms with Gasteiger partial charge >= 0.3 is 5.97 Å². The van der Waals surface area contributed by atoms with Gasteiger partial charge in [0.25, 0.3) is 0 Å². The Morgan fingerprint density at radius 2 is 1.24 bits per heavy atom. The Labute approximate surface area is 197 Å². The normalized spacial score (nSPS) is 25.7. The van der Waals surface area contributed by atoms with Gasteiger partial charge in [0.2, 0.25) is 0 Å². The van der Waals surface area contributed by atoms with Crippen molar-refractivity contribution in [3.8, 4) is 5.75 Å². The Morgan fingerprint density at radius 3 is 1.79 bits per heavy atom. The highest BCUT2D eigenvalue weighted by Gasteiger charge is 2.29. The van der Waals surface area contributed by atoms with Crippen LogP contribution in [0.4, 0.5) is 13.2 Å². The van der Waals surface area contributed by atoms with E-state index in [0.717, 1.165) is 49.7 Å². The summed E-state index contributed by atoms with van der Waals surface area (Å²) in [6.07, 6.45) is 19.9. The number of esters is 1. The first-order valence-electron chi connectivity index (χ1n) is 13.3. The Bertz CT molecular complexity index is 712. The number of ether oxygens (including phenoxy) is 1. The van der Waals surface area contributed by atoms with Gasteiger partial charge in [0.05, 0.1) is 5.92 Å². The summed E-state index contributed by atoms with van der Waals surface area (Å²) >= 11 is 0. The van der Waals surface area contributed by atoms with Crippen LogP contribution in [0.25, 0.3) is 0 Å². The molecule has 33 heavy (non-hydrogen) atoms. The van der Waals surface area contributed by atoms with E-state index in [0.29, 0.717) is 5.92 Å². The first-order chi connectivity index (χ1) is 16.0. The Morgan fingerprint density at radius 1 is 0.758 bits per heavy atom. The Kier molecular flexibility index (Phi) is 10.6. The van der Waals surface area contributed by atoms with E-state index >= 15 is 0 Å². The lowest BCUT2D eigenvalue weighted by atomic mass is 9.75. The lowest BCUT2D eigenvalue weighted by Gasteiger charge is -2.31. The fraction of sp³-hybridized carbons (Fsp3) is 0.750. The van der Waals surface area contributed by atoms with Gasteiger partial charge in [0.15, 0.2) is 17.5 Å². The standard InChI is InChI=1S/C28H41F3O2/c1-2-3-4-5-6-7-20-8-10-21(11-9-20)12-13-22-14-16-23(17-15-22)28(32)33-24-18-25(29)27(31)26(30)19-24/h18-23H,2-17H2,1H3/t20-,21-,22-,23-. The van der Waals surface area contributed by atoms with Crippen molar-refractivity contribution < 1.29 is 22.7 Å². The number of unbranched alkanes of at least 4 members (excludes halogenated alkanes) is 4. The van der Waals surface area contributed by atoms with Crippen LogP contribution in [0.3, 0.4) is 0 Å². The molecule has 186 valence electrons. The molecule has 2 saturated carbocycles. The fourth-order valence-corrected chi connectivity index (χ4v) is 5.79. The summed E-state index contributed by atoms with van der Waals surface area (Å²) in [5.41, 5.74) is 0. The molecule has 2 aliphatic rings. The maximum atomic E-state index is 13.3. The lowest BCUT2D eigenvalue weighted by Crippen LogP contribution is -2.26. The number of hydrogen-bond acceptors (Lipinski definition) is 2. The van der Waals surface area contributed by atoms with Gasteiger partial charge in [-0.2, -0.15) is 0 Å². The highest BCUT2D eigenvalue weighted by Crippen LogP contribution is 2.38. The van der Waals surface area contributed by atoms with Crippen LogP contribution in [-0.2, 0) is 4.79 Å². The first kappa shape index (κ1) is 26.1. The van der Waals surface area contributed by atoms with Crippen LogP contribution in [0.1, 0.15) is 110 Å². The van der Waals surface area contributed by atoms with E-state index < -0.39 is 23.4 Å². The molecule has 1 aromatic carbocycles. The van der Waals surface area contributed by atoms with E-state index in [4.69, 9.17) is 4.74 Å². The van der Waals surface area contributed by atoms with E-state index in [-0.39, 0.29) is 11.7 Å². The largest absolute Gasteiger partial charge is 0.426 e. The van der Waals surface area contributed by atoms with Gasteiger partial charge in [-0.15, -0.1) is 0 Å². The summed E-state index contributed by atoms with van der Waals surface area (Å²) in [4.78, 5) is 12.4. The molecule has 5 heteroatoms. The van der Waals surface area contributed by atoms with Crippen LogP contribution in [-0.4, -0.2) is 5.97 Å². The predicted molar refractivity (Wildman–Crippen MR) is 125 cm³/mol. The van der Waals surface area contributed by atoms with Gasteiger partial charge in [-0.05, 0) is 43.4 Å². The maximum Gasteiger partial charge on any atom is 0.314 e. The van der Waals surface area contributed by atoms with Gasteiger partial charge in [0, 0.05) is 12.1 Å². The van der Waals surface area contributed by atoms with Gasteiger partial charge in [-0.25, -0.2) is 13.2 Å². The molecule has 0 radical (unpaired) electrons. The molecule has 0 bridgehead atoms. The third-order valence-corrected chi connectivity index (χ3v) is 8.02. The molecule has 0 aromatic heterocycles. The molecular formula is C28H41F3O2. The minimum absolute atomic E-state index is 0.245. The number of carbonyl (C=O) groups is 1. The molecule has 2 fully saturated rings. The third kappa shape index (κ3) is 8.33. The van der Waals surface area contributed by atoms with Crippen LogP contribution in [0.2, 0.25) is 0 Å². The van der Waals surface area contributed by atoms with Crippen LogP contribution >= 0.6 is 0 Å². The fourth-order valence-electron chi connectivity index (χ4n) is 5.79. The number of rotatable bonds is 11. The molecule has 0 N–H and O–H groups in total. The lowest BCUT2D eigenvalue weighted by molar-refractivity contribution is -0.140. The van der Waals surface area contributed by atoms with E-state index in [9.17, 15) is 18.0 Å². The van der Waals surface area contributed by atoms with Crippen LogP contribution < -0.4 is 4.74 Å². The zero-order valence-corrected chi connectivity index (χ0v) is 20.2. The Hall–Kier alpha value is -1.52. The second kappa shape index (κ2) is 13.4. The zero-order chi connectivity index (χ0) is 23.6. The second-order valence-corrected chi connectivity index (χ2v) is 10.5. The molecule has 0 atom stereocenters. The molecular weight excluding hydrogens is 425 g/mol. The number of hydrogen-bond donors (Lipinski definition) is 0. The third-order valence-electron chi connectivity index (χ3n) is 8.02. The summed E-state index contributed by atoms with van der Waals surface area (Å²) in [5, 5.41) is 0. The first-order valence-corrected chi connectivity index (χ1v) is 13.3. The van der Waals surface area contributed by atoms with Crippen molar-refractivity contribution in [1.29, 1.82) is 0 Å². The number of halogens is 3. The highest BCUT2D eigenvalue weighted by atomic mass is 19.2. The average Bonchev–Trinajstić information content (AvgIpc) is 2.82. The molecule has 3 rings (SSSR count). The Balaban J connectivity index is 1.29. The second-order valence-electron chi connectivity index (χ2n) is 10.5. The van der Waals surface area contributed by atoms with E-state index in [1.165, 1.54) is 77.0 Å². The SMILES string of the molecule is CCCCCCC[C@H]1CC[C@H](CC[C@H]2CC[C@H](C(=O)Oc3cc(F)c(F)c(F)c3)CC2)CC1. The number of carbonyl (C=O) groups excluding carboxylic acids is 1. The zero-order valence-electron chi connectivity index (χ0n) is 20.2. The molecule has 2 aliphatic carbocycles. The molecule has 1 aromatic rings. The monoisotopic (exact) mass is 466 g/mol. The smallest absolute Gasteiger partial charge is 0.314 e. The molecule has 2 nitrogen and oxygen atoms in total. The van der Waals surface area contributed by atoms with Crippen LogP contribution in [0.5, 0.6) is 5.75 Å². The van der Waals surface area contributed by atoms with Crippen LogP contribution in [0.15, 0.2) is 12.1 Å². The van der Waals surface area contributed by atoms with Crippen molar-refractivity contribution in [3.05, 3.63) is 29.6 Å². The van der Waals surface area contributed by atoms with Gasteiger partial charge in [-0.1, -0.05) is 84.0 Å². The summed E-state index contributed by atoms with van der Waals surface area (Å²) in [6, 6.07) is 1.45. The van der Waals surface area contributed by atoms with E-state index in [2.05, 4.69) is 6.92 Å². The van der Waals surface area contributed by atoms with Gasteiger partial charge in [-0.3, -0.25) is 4.79 Å². The van der Waals surface area contributed by atoms with Crippen molar-refractivity contribution in [2.45, 2.75) is 110 Å². The predicted octanol–water partition coefficient (Wildman–Crippen LogP) is 8.76. The maximum absolute atomic E-state index is 13.3. The van der Waals surface area contributed by atoms with Crippen molar-refractivity contribution in [1.82, 2.24) is 0 Å². The minimum Gasteiger partial charge on any atom is -0.426 e. The average molecular weight is 467 g/mol. The van der Waals surface area contributed by atoms with Crippen molar-refractivity contribution >= 4 is 5.97 Å². The minimum atomic E-state index is -1.55. The summed E-state index contributed by atoms with van der Waals surface area (Å²) < 4.78 is 44.9. The van der Waals surface area contributed by atoms with Crippen molar-refractivity contribution in [3.63, 3.8) is 0 Å². The van der Waals surface area contributed by atoms with Gasteiger partial charge < -0.3 is 4.74 Å². The van der Waals surface area contributed by atoms with Gasteiger partial charge in [0.1, 0.15) is 5.75 Å². The van der Waals surface area contributed by atoms with E-state index in [1.54, 1.807) is 0 Å². The summed E-state index contributed by atoms with van der Waals surface area (Å²) in [7, 11) is 0. The molecule has 0 aliphatic heterocycles. The van der Waals surface area contributed by atoms with Crippen molar-refractivity contribution in [2.24, 2.45) is 23.7 Å². The summed E-state index contributed by atoms with van der Waals surface area (Å²) in [5.74, 6) is -2.74. The topological polar surface area (TPSA) is 26.3 Å². The van der Waals surface area contributed by atoms with Crippen molar-refractivity contribution in [2.75, 3.05) is 0 Å². The highest BCUT2D eigenvalue weighted by molar-refractivity contribution is 5.75. The molecule has 0 saturated heterocycles.